The third kappa shape index (κ3) is 1.90. The largest absolute Gasteiger partial charge is 0.298 e. The Hall–Kier alpha value is -1.30. The lowest BCUT2D eigenvalue weighted by molar-refractivity contribution is -0.117. The Morgan fingerprint density at radius 1 is 1.53 bits per heavy atom. The Bertz CT molecular complexity index is 534. The second-order valence-electron chi connectivity index (χ2n) is 3.34. The minimum Gasteiger partial charge on any atom is -0.298 e. The first-order valence-electron chi connectivity index (χ1n) is 4.43. The second-order valence-corrected chi connectivity index (χ2v) is 4.19. The van der Waals surface area contributed by atoms with E-state index in [9.17, 15) is 4.79 Å². The molecule has 2 aromatic rings. The van der Waals surface area contributed by atoms with Gasteiger partial charge in [0, 0.05) is 10.7 Å². The van der Waals surface area contributed by atoms with Gasteiger partial charge in [-0.15, -0.1) is 5.10 Å². The number of fused-ring (bicyclic) bond motifs is 1. The molecule has 2 heterocycles. The van der Waals surface area contributed by atoms with Crippen molar-refractivity contribution in [3.8, 4) is 0 Å². The third-order valence-electron chi connectivity index (χ3n) is 2.02. The van der Waals surface area contributed by atoms with Crippen LogP contribution in [0.1, 0.15) is 12.5 Å². The van der Waals surface area contributed by atoms with Gasteiger partial charge in [-0.25, -0.2) is 4.98 Å². The summed E-state index contributed by atoms with van der Waals surface area (Å²) in [6.45, 7) is 3.62. The highest BCUT2D eigenvalue weighted by Crippen LogP contribution is 2.20. The molecule has 0 aliphatic heterocycles. The zero-order valence-electron chi connectivity index (χ0n) is 8.36. The van der Waals surface area contributed by atoms with Crippen LogP contribution in [0.3, 0.4) is 0 Å². The minimum absolute atomic E-state index is 0.0204. The molecule has 0 spiro atoms. The van der Waals surface area contributed by atoms with Gasteiger partial charge in [-0.2, -0.15) is 9.90 Å². The van der Waals surface area contributed by atoms with Gasteiger partial charge in [-0.3, -0.25) is 4.79 Å². The highest BCUT2D eigenvalue weighted by molar-refractivity contribution is 9.10. The molecule has 6 heteroatoms. The number of aryl methyl sites for hydroxylation is 1. The molecule has 0 aliphatic carbocycles. The van der Waals surface area contributed by atoms with Gasteiger partial charge in [0.05, 0.1) is 0 Å². The van der Waals surface area contributed by atoms with Crippen LogP contribution in [0.15, 0.2) is 10.7 Å². The van der Waals surface area contributed by atoms with Crippen molar-refractivity contribution in [2.24, 2.45) is 0 Å². The molecule has 0 atom stereocenters. The number of carbonyl (C=O) groups excluding carboxylic acids is 1. The van der Waals surface area contributed by atoms with Crippen molar-refractivity contribution in [3.05, 3.63) is 16.2 Å². The van der Waals surface area contributed by atoms with E-state index in [1.807, 2.05) is 6.92 Å². The van der Waals surface area contributed by atoms with Crippen LogP contribution in [0.4, 0.5) is 0 Å². The van der Waals surface area contributed by atoms with Crippen molar-refractivity contribution >= 4 is 32.9 Å². The fraction of sp³-hybridized carbons (Fsp3) is 0.333. The summed E-state index contributed by atoms with van der Waals surface area (Å²) in [6.07, 6.45) is 1.68. The molecule has 0 bridgehead atoms. The van der Waals surface area contributed by atoms with Gasteiger partial charge in [0.2, 0.25) is 5.65 Å². The van der Waals surface area contributed by atoms with Gasteiger partial charge in [0.1, 0.15) is 12.1 Å². The van der Waals surface area contributed by atoms with Crippen molar-refractivity contribution in [2.75, 3.05) is 0 Å². The van der Waals surface area contributed by atoms with Crippen LogP contribution < -0.4 is 0 Å². The summed E-state index contributed by atoms with van der Waals surface area (Å²) in [5.41, 5.74) is 2.28. The van der Waals surface area contributed by atoms with E-state index in [4.69, 9.17) is 0 Å². The molecular formula is C9H9BrN4O. The van der Waals surface area contributed by atoms with Crippen LogP contribution in [0.2, 0.25) is 0 Å². The molecule has 0 radical (unpaired) electrons. The fourth-order valence-electron chi connectivity index (χ4n) is 1.27. The van der Waals surface area contributed by atoms with Crippen LogP contribution in [-0.2, 0) is 11.3 Å². The van der Waals surface area contributed by atoms with Crippen molar-refractivity contribution in [1.82, 2.24) is 20.0 Å². The Morgan fingerprint density at radius 3 is 2.93 bits per heavy atom. The van der Waals surface area contributed by atoms with Crippen LogP contribution in [0.5, 0.6) is 0 Å². The lowest BCUT2D eigenvalue weighted by Gasteiger charge is -1.94. The quantitative estimate of drug-likeness (QED) is 0.828. The number of ketones is 1. The normalized spacial score (nSPS) is 10.9. The number of halogens is 1. The van der Waals surface area contributed by atoms with E-state index in [2.05, 4.69) is 31.1 Å². The van der Waals surface area contributed by atoms with Gasteiger partial charge >= 0.3 is 0 Å². The van der Waals surface area contributed by atoms with Crippen molar-refractivity contribution in [1.29, 1.82) is 0 Å². The highest BCUT2D eigenvalue weighted by Gasteiger charge is 2.09. The van der Waals surface area contributed by atoms with E-state index in [0.29, 0.717) is 5.65 Å². The summed E-state index contributed by atoms with van der Waals surface area (Å²) in [7, 11) is 0. The molecule has 78 valence electrons. The molecular weight excluding hydrogens is 260 g/mol. The molecule has 15 heavy (non-hydrogen) atoms. The standard InChI is InChI=1S/C9H9BrN4O/c1-5(15)4-14-12-8-6(2)7(10)3-11-9(8)13-14/h3H,4H2,1-2H3. The lowest BCUT2D eigenvalue weighted by atomic mass is 10.3. The molecule has 0 amide bonds. The van der Waals surface area contributed by atoms with E-state index in [1.165, 1.54) is 11.7 Å². The minimum atomic E-state index is 0.0204. The van der Waals surface area contributed by atoms with Crippen LogP contribution in [-0.4, -0.2) is 25.8 Å². The third-order valence-corrected chi connectivity index (χ3v) is 2.81. The zero-order valence-corrected chi connectivity index (χ0v) is 9.95. The molecule has 0 N–H and O–H groups in total. The molecule has 2 aromatic heterocycles. The number of Topliss-reactive ketones (excluding diaryl/α,β-unsaturated/α-hetero) is 1. The van der Waals surface area contributed by atoms with E-state index < -0.39 is 0 Å². The summed E-state index contributed by atoms with van der Waals surface area (Å²) < 4.78 is 0.893. The van der Waals surface area contributed by atoms with Gasteiger partial charge in [-0.05, 0) is 35.3 Å². The monoisotopic (exact) mass is 268 g/mol. The summed E-state index contributed by atoms with van der Waals surface area (Å²) in [5, 5.41) is 8.31. The molecule has 2 rings (SSSR count). The summed E-state index contributed by atoms with van der Waals surface area (Å²) in [5.74, 6) is 0.0204. The van der Waals surface area contributed by atoms with Crippen LogP contribution >= 0.6 is 15.9 Å². The zero-order chi connectivity index (χ0) is 11.0. The van der Waals surface area contributed by atoms with Crippen molar-refractivity contribution in [2.45, 2.75) is 20.4 Å². The number of pyridine rings is 1. The summed E-state index contributed by atoms with van der Waals surface area (Å²) in [6, 6.07) is 0. The maximum Gasteiger partial charge on any atom is 0.202 e. The Kier molecular flexibility index (Phi) is 2.52. The molecule has 0 saturated carbocycles. The van der Waals surface area contributed by atoms with Crippen LogP contribution in [0, 0.1) is 6.92 Å². The number of carbonyl (C=O) groups is 1. The number of hydrogen-bond donors (Lipinski definition) is 0. The molecule has 0 unspecified atom stereocenters. The Labute approximate surface area is 94.6 Å². The molecule has 0 fully saturated rings. The Morgan fingerprint density at radius 2 is 2.27 bits per heavy atom. The van der Waals surface area contributed by atoms with Crippen LogP contribution in [0.25, 0.3) is 11.2 Å². The van der Waals surface area contributed by atoms with E-state index in [-0.39, 0.29) is 12.3 Å². The lowest BCUT2D eigenvalue weighted by Crippen LogP contribution is -2.09. The van der Waals surface area contributed by atoms with Gasteiger partial charge in [-0.1, -0.05) is 0 Å². The van der Waals surface area contributed by atoms with Crippen molar-refractivity contribution in [3.63, 3.8) is 0 Å². The topological polar surface area (TPSA) is 60.7 Å². The SMILES string of the molecule is CC(=O)Cn1nc2ncc(Br)c(C)c2n1. The average molecular weight is 269 g/mol. The number of nitrogens with zero attached hydrogens (tertiary/aromatic N) is 4. The van der Waals surface area contributed by atoms with E-state index >= 15 is 0 Å². The second kappa shape index (κ2) is 3.69. The summed E-state index contributed by atoms with van der Waals surface area (Å²) >= 11 is 3.37. The Balaban J connectivity index is 2.56. The maximum absolute atomic E-state index is 10.9. The molecule has 0 aromatic carbocycles. The molecule has 0 aliphatic rings. The first kappa shape index (κ1) is 10.2. The van der Waals surface area contributed by atoms with E-state index in [0.717, 1.165) is 15.6 Å². The maximum atomic E-state index is 10.9. The first-order chi connectivity index (χ1) is 7.08. The van der Waals surface area contributed by atoms with Gasteiger partial charge in [0.25, 0.3) is 0 Å². The first-order valence-corrected chi connectivity index (χ1v) is 5.22. The molecule has 5 nitrogen and oxygen atoms in total. The molecule has 0 saturated heterocycles. The predicted octanol–water partition coefficient (Wildman–Crippen LogP) is 1.49. The number of hydrogen-bond acceptors (Lipinski definition) is 4. The van der Waals surface area contributed by atoms with Gasteiger partial charge in [0.15, 0.2) is 5.78 Å². The summed E-state index contributed by atoms with van der Waals surface area (Å²) in [4.78, 5) is 16.4. The fourth-order valence-corrected chi connectivity index (χ4v) is 1.56. The predicted molar refractivity (Wildman–Crippen MR) is 58.4 cm³/mol. The average Bonchev–Trinajstić information content (AvgIpc) is 2.54. The number of rotatable bonds is 2. The number of aromatic nitrogens is 4. The van der Waals surface area contributed by atoms with Crippen molar-refractivity contribution < 1.29 is 4.79 Å². The van der Waals surface area contributed by atoms with E-state index in [1.54, 1.807) is 6.20 Å². The smallest absolute Gasteiger partial charge is 0.202 e. The van der Waals surface area contributed by atoms with Gasteiger partial charge < -0.3 is 0 Å². The highest BCUT2D eigenvalue weighted by atomic mass is 79.9.